The van der Waals surface area contributed by atoms with Gasteiger partial charge in [0.1, 0.15) is 6.61 Å². The van der Waals surface area contributed by atoms with Crippen LogP contribution < -0.4 is 14.8 Å². The highest BCUT2D eigenvalue weighted by molar-refractivity contribution is 5.94. The van der Waals surface area contributed by atoms with Crippen LogP contribution >= 0.6 is 0 Å². The van der Waals surface area contributed by atoms with Crippen molar-refractivity contribution in [2.24, 2.45) is 0 Å². The van der Waals surface area contributed by atoms with Gasteiger partial charge in [0.15, 0.2) is 0 Å². The number of pyridine rings is 2. The predicted molar refractivity (Wildman–Crippen MR) is 106 cm³/mol. The molecule has 0 aliphatic rings. The quantitative estimate of drug-likeness (QED) is 0.647. The summed E-state index contributed by atoms with van der Waals surface area (Å²) in [5, 5.41) is 2.89. The molecule has 0 radical (unpaired) electrons. The van der Waals surface area contributed by atoms with Gasteiger partial charge in [0.25, 0.3) is 5.91 Å². The molecule has 3 aromatic rings. The highest BCUT2D eigenvalue weighted by atomic mass is 16.5. The van der Waals surface area contributed by atoms with Gasteiger partial charge < -0.3 is 14.8 Å². The van der Waals surface area contributed by atoms with Crippen LogP contribution in [0.5, 0.6) is 11.8 Å². The van der Waals surface area contributed by atoms with Crippen LogP contribution in [0.15, 0.2) is 67.0 Å². The van der Waals surface area contributed by atoms with Crippen molar-refractivity contribution in [3.8, 4) is 11.8 Å². The number of benzene rings is 1. The molecule has 144 valence electrons. The summed E-state index contributed by atoms with van der Waals surface area (Å²) < 4.78 is 11.4. The van der Waals surface area contributed by atoms with E-state index in [1.54, 1.807) is 24.5 Å². The molecule has 2 aromatic heterocycles. The Hall–Kier alpha value is -3.41. The number of nitrogens with zero attached hydrogens (tertiary/aromatic N) is 2. The summed E-state index contributed by atoms with van der Waals surface area (Å²) >= 11 is 0. The van der Waals surface area contributed by atoms with Crippen LogP contribution in [-0.4, -0.2) is 22.0 Å². The molecular formula is C22H23N3O3. The van der Waals surface area contributed by atoms with Crippen molar-refractivity contribution in [3.05, 3.63) is 83.7 Å². The molecule has 3 rings (SSSR count). The largest absolute Gasteiger partial charge is 0.475 e. The smallest absolute Gasteiger partial charge is 0.251 e. The molecule has 0 spiro atoms. The first-order chi connectivity index (χ1) is 13.6. The van der Waals surface area contributed by atoms with Crippen LogP contribution in [0.1, 0.15) is 35.3 Å². The van der Waals surface area contributed by atoms with Gasteiger partial charge in [0.05, 0.1) is 6.10 Å². The Kier molecular flexibility index (Phi) is 6.57. The molecule has 1 aromatic carbocycles. The van der Waals surface area contributed by atoms with Crippen LogP contribution in [0, 0.1) is 0 Å². The lowest BCUT2D eigenvalue weighted by Gasteiger charge is -2.13. The number of aromatic nitrogens is 2. The number of rotatable bonds is 8. The average molecular weight is 377 g/mol. The summed E-state index contributed by atoms with van der Waals surface area (Å²) in [6, 6.07) is 16.8. The van der Waals surface area contributed by atoms with Crippen molar-refractivity contribution in [2.45, 2.75) is 33.1 Å². The molecule has 1 amide bonds. The lowest BCUT2D eigenvalue weighted by molar-refractivity contribution is 0.0949. The van der Waals surface area contributed by atoms with Gasteiger partial charge in [-0.25, -0.2) is 9.97 Å². The number of ether oxygens (including phenoxy) is 2. The van der Waals surface area contributed by atoms with E-state index in [9.17, 15) is 4.79 Å². The first kappa shape index (κ1) is 19.4. The predicted octanol–water partition coefficient (Wildman–Crippen LogP) is 3.77. The molecular weight excluding hydrogens is 354 g/mol. The monoisotopic (exact) mass is 377 g/mol. The van der Waals surface area contributed by atoms with E-state index in [4.69, 9.17) is 9.47 Å². The zero-order valence-electron chi connectivity index (χ0n) is 16.0. The summed E-state index contributed by atoms with van der Waals surface area (Å²) in [5.74, 6) is 0.715. The SMILES string of the molecule is CC(C)Oc1ncccc1CNC(=O)c1ccnc(OCc2ccccc2)c1. The van der Waals surface area contributed by atoms with E-state index >= 15 is 0 Å². The lowest BCUT2D eigenvalue weighted by atomic mass is 10.2. The maximum atomic E-state index is 12.5. The molecule has 1 N–H and O–H groups in total. The second-order valence-corrected chi connectivity index (χ2v) is 6.47. The zero-order valence-corrected chi connectivity index (χ0v) is 16.0. The van der Waals surface area contributed by atoms with E-state index in [0.717, 1.165) is 11.1 Å². The molecule has 0 aliphatic carbocycles. The molecule has 0 aliphatic heterocycles. The van der Waals surface area contributed by atoms with E-state index < -0.39 is 0 Å². The first-order valence-corrected chi connectivity index (χ1v) is 9.13. The minimum Gasteiger partial charge on any atom is -0.475 e. The highest BCUT2D eigenvalue weighted by Crippen LogP contribution is 2.16. The Labute approximate surface area is 164 Å². The normalized spacial score (nSPS) is 10.5. The van der Waals surface area contributed by atoms with Gasteiger partial charge >= 0.3 is 0 Å². The topological polar surface area (TPSA) is 73.3 Å². The Bertz CT molecular complexity index is 914. The number of amides is 1. The minimum absolute atomic E-state index is 0.00821. The molecule has 6 heteroatoms. The van der Waals surface area contributed by atoms with Crippen LogP contribution in [0.25, 0.3) is 0 Å². The van der Waals surface area contributed by atoms with Crippen molar-refractivity contribution >= 4 is 5.91 Å². The lowest BCUT2D eigenvalue weighted by Crippen LogP contribution is -2.23. The molecule has 0 atom stereocenters. The van der Waals surface area contributed by atoms with Gasteiger partial charge in [-0.05, 0) is 31.5 Å². The minimum atomic E-state index is -0.216. The van der Waals surface area contributed by atoms with Gasteiger partial charge in [0.2, 0.25) is 11.8 Å². The Morgan fingerprint density at radius 2 is 1.86 bits per heavy atom. The van der Waals surface area contributed by atoms with Crippen LogP contribution in [0.2, 0.25) is 0 Å². The molecule has 28 heavy (non-hydrogen) atoms. The number of hydrogen-bond donors (Lipinski definition) is 1. The van der Waals surface area contributed by atoms with Gasteiger partial charge in [0, 0.05) is 36.1 Å². The van der Waals surface area contributed by atoms with Crippen LogP contribution in [-0.2, 0) is 13.2 Å². The van der Waals surface area contributed by atoms with Crippen molar-refractivity contribution in [2.75, 3.05) is 0 Å². The second-order valence-electron chi connectivity index (χ2n) is 6.47. The van der Waals surface area contributed by atoms with Crippen molar-refractivity contribution in [1.82, 2.24) is 15.3 Å². The molecule has 0 unspecified atom stereocenters. The van der Waals surface area contributed by atoms with E-state index in [1.165, 1.54) is 0 Å². The van der Waals surface area contributed by atoms with Crippen LogP contribution in [0.3, 0.4) is 0 Å². The van der Waals surface area contributed by atoms with E-state index in [0.29, 0.717) is 30.5 Å². The van der Waals surface area contributed by atoms with E-state index in [2.05, 4.69) is 15.3 Å². The fraction of sp³-hybridized carbons (Fsp3) is 0.227. The number of carbonyl (C=O) groups is 1. The van der Waals surface area contributed by atoms with Crippen molar-refractivity contribution in [1.29, 1.82) is 0 Å². The Balaban J connectivity index is 1.60. The third-order valence-corrected chi connectivity index (χ3v) is 3.86. The van der Waals surface area contributed by atoms with E-state index in [-0.39, 0.29) is 12.0 Å². The second kappa shape index (κ2) is 9.50. The molecule has 0 saturated carbocycles. The summed E-state index contributed by atoms with van der Waals surface area (Å²) in [5.41, 5.74) is 2.33. The summed E-state index contributed by atoms with van der Waals surface area (Å²) in [6.07, 6.45) is 3.24. The maximum Gasteiger partial charge on any atom is 0.251 e. The summed E-state index contributed by atoms with van der Waals surface area (Å²) in [4.78, 5) is 20.9. The fourth-order valence-corrected chi connectivity index (χ4v) is 2.53. The average Bonchev–Trinajstić information content (AvgIpc) is 2.72. The van der Waals surface area contributed by atoms with Crippen molar-refractivity contribution < 1.29 is 14.3 Å². The summed E-state index contributed by atoms with van der Waals surface area (Å²) in [7, 11) is 0. The summed E-state index contributed by atoms with van der Waals surface area (Å²) in [6.45, 7) is 4.58. The number of nitrogens with one attached hydrogen (secondary N) is 1. The van der Waals surface area contributed by atoms with Gasteiger partial charge in [-0.2, -0.15) is 0 Å². The van der Waals surface area contributed by atoms with Crippen molar-refractivity contribution in [3.63, 3.8) is 0 Å². The molecule has 2 heterocycles. The maximum absolute atomic E-state index is 12.5. The molecule has 6 nitrogen and oxygen atoms in total. The van der Waals surface area contributed by atoms with E-state index in [1.807, 2.05) is 56.3 Å². The van der Waals surface area contributed by atoms with Gasteiger partial charge in [-0.3, -0.25) is 4.79 Å². The Morgan fingerprint density at radius 3 is 2.64 bits per heavy atom. The van der Waals surface area contributed by atoms with Gasteiger partial charge in [-0.15, -0.1) is 0 Å². The van der Waals surface area contributed by atoms with Gasteiger partial charge in [-0.1, -0.05) is 36.4 Å². The third kappa shape index (κ3) is 5.54. The number of hydrogen-bond acceptors (Lipinski definition) is 5. The highest BCUT2D eigenvalue weighted by Gasteiger charge is 2.11. The fourth-order valence-electron chi connectivity index (χ4n) is 2.53. The molecule has 0 fully saturated rings. The molecule has 0 saturated heterocycles. The standard InChI is InChI=1S/C22H23N3O3/c1-16(2)28-22-19(9-6-11-24-22)14-25-21(26)18-10-12-23-20(13-18)27-15-17-7-4-3-5-8-17/h3-13,16H,14-15H2,1-2H3,(H,25,26). The Morgan fingerprint density at radius 1 is 1.04 bits per heavy atom. The number of carbonyl (C=O) groups excluding carboxylic acids is 1. The zero-order chi connectivity index (χ0) is 19.8. The first-order valence-electron chi connectivity index (χ1n) is 9.13. The third-order valence-electron chi connectivity index (χ3n) is 3.86. The van der Waals surface area contributed by atoms with Crippen LogP contribution in [0.4, 0.5) is 0 Å². The molecule has 0 bridgehead atoms.